The van der Waals surface area contributed by atoms with E-state index < -0.39 is 0 Å². The lowest BCUT2D eigenvalue weighted by molar-refractivity contribution is -0.133. The first-order valence-corrected chi connectivity index (χ1v) is 9.94. The van der Waals surface area contributed by atoms with Crippen molar-refractivity contribution in [3.63, 3.8) is 0 Å². The molecule has 0 aliphatic carbocycles. The third-order valence-electron chi connectivity index (χ3n) is 5.98. The summed E-state index contributed by atoms with van der Waals surface area (Å²) in [4.78, 5) is 33.2. The fraction of sp³-hybridized carbons (Fsp3) is 0.500. The molecule has 0 radical (unpaired) electrons. The Morgan fingerprint density at radius 2 is 1.85 bits per heavy atom. The van der Waals surface area contributed by atoms with Gasteiger partial charge in [-0.3, -0.25) is 14.5 Å². The molecule has 0 spiro atoms. The number of carbonyl (C=O) groups is 2. The number of likely N-dealkylation sites (tertiary alicyclic amines) is 1. The molecule has 0 bridgehead atoms. The zero-order valence-corrected chi connectivity index (χ0v) is 16.4. The van der Waals surface area contributed by atoms with Crippen molar-refractivity contribution in [1.29, 1.82) is 0 Å². The summed E-state index contributed by atoms with van der Waals surface area (Å²) in [5.41, 5.74) is 3.43. The highest BCUT2D eigenvalue weighted by Crippen LogP contribution is 2.33. The Kier molecular flexibility index (Phi) is 4.62. The van der Waals surface area contributed by atoms with Crippen molar-refractivity contribution in [3.8, 4) is 0 Å². The van der Waals surface area contributed by atoms with Crippen molar-refractivity contribution in [2.45, 2.75) is 46.0 Å². The van der Waals surface area contributed by atoms with Gasteiger partial charge in [0.15, 0.2) is 0 Å². The lowest BCUT2D eigenvalue weighted by Crippen LogP contribution is -2.43. The van der Waals surface area contributed by atoms with E-state index in [-0.39, 0.29) is 17.7 Å². The van der Waals surface area contributed by atoms with Gasteiger partial charge in [0.05, 0.1) is 5.52 Å². The van der Waals surface area contributed by atoms with Crippen molar-refractivity contribution in [2.24, 2.45) is 5.92 Å². The fourth-order valence-electron chi connectivity index (χ4n) is 4.22. The van der Waals surface area contributed by atoms with Crippen LogP contribution in [0.4, 0.5) is 5.82 Å². The number of piperidine rings is 1. The molecule has 1 fully saturated rings. The Labute approximate surface area is 160 Å². The summed E-state index contributed by atoms with van der Waals surface area (Å²) in [6, 6.07) is 8.62. The van der Waals surface area contributed by atoms with Crippen LogP contribution in [-0.4, -0.2) is 41.3 Å². The first kappa shape index (κ1) is 18.0. The molecule has 142 valence electrons. The van der Waals surface area contributed by atoms with Crippen molar-refractivity contribution in [2.75, 3.05) is 24.5 Å². The summed E-state index contributed by atoms with van der Waals surface area (Å²) in [6.45, 7) is 8.05. The minimum absolute atomic E-state index is 0.00707. The van der Waals surface area contributed by atoms with Crippen LogP contribution in [0, 0.1) is 5.92 Å². The van der Waals surface area contributed by atoms with E-state index in [0.29, 0.717) is 25.6 Å². The van der Waals surface area contributed by atoms with E-state index in [0.717, 1.165) is 41.5 Å². The lowest BCUT2D eigenvalue weighted by atomic mass is 9.95. The highest BCUT2D eigenvalue weighted by Gasteiger charge is 2.34. The molecule has 5 nitrogen and oxygen atoms in total. The SMILES string of the molecule is CC(=O)N1CCC(C(=O)N2CCc3cc4cc(C(C)C)ccc4nc32)CC1. The highest BCUT2D eigenvalue weighted by atomic mass is 16.2. The van der Waals surface area contributed by atoms with Crippen LogP contribution in [0.25, 0.3) is 10.9 Å². The number of fused-ring (bicyclic) bond motifs is 2. The molecule has 2 aliphatic rings. The average molecular weight is 365 g/mol. The lowest BCUT2D eigenvalue weighted by Gasteiger charge is -2.32. The summed E-state index contributed by atoms with van der Waals surface area (Å²) in [5.74, 6) is 1.58. The Balaban J connectivity index is 1.57. The van der Waals surface area contributed by atoms with E-state index in [1.807, 2.05) is 9.80 Å². The van der Waals surface area contributed by atoms with Gasteiger partial charge in [-0.1, -0.05) is 19.9 Å². The van der Waals surface area contributed by atoms with Crippen LogP contribution in [0.1, 0.15) is 50.7 Å². The predicted octanol–water partition coefficient (Wildman–Crippen LogP) is 3.51. The molecule has 0 saturated carbocycles. The van der Waals surface area contributed by atoms with Gasteiger partial charge in [-0.25, -0.2) is 4.98 Å². The number of anilines is 1. The van der Waals surface area contributed by atoms with E-state index in [9.17, 15) is 9.59 Å². The number of nitrogens with zero attached hydrogens (tertiary/aromatic N) is 3. The van der Waals surface area contributed by atoms with Crippen LogP contribution in [0.2, 0.25) is 0 Å². The van der Waals surface area contributed by atoms with Gasteiger partial charge in [0, 0.05) is 37.9 Å². The van der Waals surface area contributed by atoms with Crippen LogP contribution in [0.3, 0.4) is 0 Å². The highest BCUT2D eigenvalue weighted by molar-refractivity contribution is 5.98. The molecule has 0 atom stereocenters. The maximum Gasteiger partial charge on any atom is 0.231 e. The molecule has 0 unspecified atom stereocenters. The first-order valence-electron chi connectivity index (χ1n) is 9.94. The van der Waals surface area contributed by atoms with Gasteiger partial charge in [0.25, 0.3) is 0 Å². The maximum atomic E-state index is 13.1. The van der Waals surface area contributed by atoms with Gasteiger partial charge in [0.2, 0.25) is 11.8 Å². The number of carbonyl (C=O) groups excluding carboxylic acids is 2. The molecule has 0 N–H and O–H groups in total. The normalized spacial score (nSPS) is 17.6. The number of amides is 2. The molecule has 1 aromatic heterocycles. The summed E-state index contributed by atoms with van der Waals surface area (Å²) in [6.07, 6.45) is 2.35. The van der Waals surface area contributed by atoms with Crippen LogP contribution in [0.15, 0.2) is 24.3 Å². The summed E-state index contributed by atoms with van der Waals surface area (Å²) < 4.78 is 0. The topological polar surface area (TPSA) is 53.5 Å². The third-order valence-corrected chi connectivity index (χ3v) is 5.98. The quantitative estimate of drug-likeness (QED) is 0.818. The number of aromatic nitrogens is 1. The standard InChI is InChI=1S/C22H27N3O2/c1-14(2)17-4-5-20-19(12-17)13-18-8-11-25(21(18)23-20)22(27)16-6-9-24(10-7-16)15(3)26/h4-5,12-14,16H,6-11H2,1-3H3. The Hall–Kier alpha value is -2.43. The number of rotatable bonds is 2. The summed E-state index contributed by atoms with van der Waals surface area (Å²) in [5, 5.41) is 1.16. The molecular weight excluding hydrogens is 338 g/mol. The smallest absolute Gasteiger partial charge is 0.231 e. The van der Waals surface area contributed by atoms with Crippen LogP contribution < -0.4 is 4.90 Å². The molecule has 5 heteroatoms. The minimum atomic E-state index is -0.00707. The number of pyridine rings is 1. The number of hydrogen-bond acceptors (Lipinski definition) is 3. The Morgan fingerprint density at radius 3 is 2.52 bits per heavy atom. The van der Waals surface area contributed by atoms with Gasteiger partial charge >= 0.3 is 0 Å². The molecule has 4 rings (SSSR count). The van der Waals surface area contributed by atoms with Crippen LogP contribution in [0.5, 0.6) is 0 Å². The van der Waals surface area contributed by atoms with Crippen molar-refractivity contribution >= 4 is 28.5 Å². The first-order chi connectivity index (χ1) is 12.9. The molecule has 2 aliphatic heterocycles. The second kappa shape index (κ2) is 6.95. The predicted molar refractivity (Wildman–Crippen MR) is 107 cm³/mol. The van der Waals surface area contributed by atoms with Crippen LogP contribution >= 0.6 is 0 Å². The van der Waals surface area contributed by atoms with Gasteiger partial charge in [0.1, 0.15) is 5.82 Å². The maximum absolute atomic E-state index is 13.1. The summed E-state index contributed by atoms with van der Waals surface area (Å²) >= 11 is 0. The van der Waals surface area contributed by atoms with Crippen molar-refractivity contribution < 1.29 is 9.59 Å². The molecule has 1 aromatic carbocycles. The van der Waals surface area contributed by atoms with Crippen LogP contribution in [-0.2, 0) is 16.0 Å². The average Bonchev–Trinajstić information content (AvgIpc) is 3.07. The second-order valence-corrected chi connectivity index (χ2v) is 8.10. The van der Waals surface area contributed by atoms with Gasteiger partial charge in [-0.05, 0) is 54.5 Å². The van der Waals surface area contributed by atoms with E-state index >= 15 is 0 Å². The molecule has 3 heterocycles. The number of benzene rings is 1. The zero-order chi connectivity index (χ0) is 19.1. The van der Waals surface area contributed by atoms with Gasteiger partial charge in [-0.15, -0.1) is 0 Å². The summed E-state index contributed by atoms with van der Waals surface area (Å²) in [7, 11) is 0. The third kappa shape index (κ3) is 3.31. The molecule has 2 amide bonds. The van der Waals surface area contributed by atoms with Gasteiger partial charge < -0.3 is 4.90 Å². The van der Waals surface area contributed by atoms with Crippen molar-refractivity contribution in [3.05, 3.63) is 35.4 Å². The van der Waals surface area contributed by atoms with E-state index in [4.69, 9.17) is 4.98 Å². The molecule has 27 heavy (non-hydrogen) atoms. The molecular formula is C22H27N3O2. The van der Waals surface area contributed by atoms with Crippen molar-refractivity contribution in [1.82, 2.24) is 9.88 Å². The van der Waals surface area contributed by atoms with E-state index in [1.54, 1.807) is 6.92 Å². The second-order valence-electron chi connectivity index (χ2n) is 8.10. The van der Waals surface area contributed by atoms with Gasteiger partial charge in [-0.2, -0.15) is 0 Å². The Morgan fingerprint density at radius 1 is 1.11 bits per heavy atom. The zero-order valence-electron chi connectivity index (χ0n) is 16.4. The fourth-order valence-corrected chi connectivity index (χ4v) is 4.22. The largest absolute Gasteiger partial charge is 0.343 e. The molecule has 1 saturated heterocycles. The number of hydrogen-bond donors (Lipinski definition) is 0. The Bertz CT molecular complexity index is 898. The monoisotopic (exact) mass is 365 g/mol. The molecule has 2 aromatic rings. The minimum Gasteiger partial charge on any atom is -0.343 e. The van der Waals surface area contributed by atoms with E-state index in [2.05, 4.69) is 38.1 Å². The van der Waals surface area contributed by atoms with E-state index in [1.165, 1.54) is 5.56 Å².